The number of alkyl halides is 1. The maximum absolute atomic E-state index is 2.57. The van der Waals surface area contributed by atoms with E-state index in [1.165, 1.54) is 54.1 Å². The van der Waals surface area contributed by atoms with Gasteiger partial charge in [0.1, 0.15) is 0 Å². The van der Waals surface area contributed by atoms with E-state index in [9.17, 15) is 0 Å². The van der Waals surface area contributed by atoms with Gasteiger partial charge < -0.3 is 0 Å². The first-order valence-electron chi connectivity index (χ1n) is 8.35. The Kier molecular flexibility index (Phi) is 6.34. The summed E-state index contributed by atoms with van der Waals surface area (Å²) in [4.78, 5) is 0. The Morgan fingerprint density at radius 1 is 1.38 bits per heavy atom. The summed E-state index contributed by atoms with van der Waals surface area (Å²) in [7, 11) is 0. The smallest absolute Gasteiger partial charge is 0.000167 e. The lowest BCUT2D eigenvalue weighted by atomic mass is 9.80. The Labute approximate surface area is 144 Å². The van der Waals surface area contributed by atoms with Crippen LogP contribution in [0.2, 0.25) is 0 Å². The topological polar surface area (TPSA) is 0 Å². The van der Waals surface area contributed by atoms with E-state index < -0.39 is 0 Å². The molecule has 1 atom stereocenters. The molecular formula is C20H29I. The average Bonchev–Trinajstić information content (AvgIpc) is 2.76. The van der Waals surface area contributed by atoms with Crippen LogP contribution in [0.3, 0.4) is 0 Å². The van der Waals surface area contributed by atoms with E-state index in [-0.39, 0.29) is 0 Å². The molecule has 1 unspecified atom stereocenters. The van der Waals surface area contributed by atoms with Crippen molar-refractivity contribution < 1.29 is 0 Å². The second kappa shape index (κ2) is 7.80. The van der Waals surface area contributed by atoms with Crippen LogP contribution in [0.15, 0.2) is 47.1 Å². The van der Waals surface area contributed by atoms with Gasteiger partial charge in [-0.05, 0) is 72.4 Å². The number of rotatable bonds is 6. The van der Waals surface area contributed by atoms with Crippen LogP contribution in [0.25, 0.3) is 0 Å². The molecule has 21 heavy (non-hydrogen) atoms. The molecule has 0 amide bonds. The van der Waals surface area contributed by atoms with Crippen molar-refractivity contribution in [2.24, 2.45) is 11.3 Å². The van der Waals surface area contributed by atoms with Gasteiger partial charge >= 0.3 is 0 Å². The number of hydrogen-bond donors (Lipinski definition) is 0. The van der Waals surface area contributed by atoms with Gasteiger partial charge in [-0.3, -0.25) is 0 Å². The van der Waals surface area contributed by atoms with E-state index in [1.807, 2.05) is 0 Å². The first-order valence-corrected chi connectivity index (χ1v) is 9.88. The van der Waals surface area contributed by atoms with Crippen molar-refractivity contribution in [1.82, 2.24) is 0 Å². The fourth-order valence-electron chi connectivity index (χ4n) is 3.66. The third-order valence-electron chi connectivity index (χ3n) is 5.02. The van der Waals surface area contributed by atoms with Crippen LogP contribution in [-0.2, 0) is 0 Å². The zero-order chi connectivity index (χ0) is 15.3. The molecule has 0 aromatic rings. The van der Waals surface area contributed by atoms with Crippen molar-refractivity contribution >= 4 is 22.6 Å². The van der Waals surface area contributed by atoms with E-state index >= 15 is 0 Å². The summed E-state index contributed by atoms with van der Waals surface area (Å²) < 4.78 is 1.28. The van der Waals surface area contributed by atoms with Crippen LogP contribution in [0.5, 0.6) is 0 Å². The normalized spacial score (nSPS) is 25.0. The Bertz CT molecular complexity index is 474. The molecule has 0 fully saturated rings. The van der Waals surface area contributed by atoms with Crippen molar-refractivity contribution in [3.63, 3.8) is 0 Å². The van der Waals surface area contributed by atoms with Crippen molar-refractivity contribution in [1.29, 1.82) is 0 Å². The predicted molar refractivity (Wildman–Crippen MR) is 103 cm³/mol. The predicted octanol–water partition coefficient (Wildman–Crippen LogP) is 6.79. The van der Waals surface area contributed by atoms with Gasteiger partial charge in [0, 0.05) is 0 Å². The minimum atomic E-state index is 0.403. The summed E-state index contributed by atoms with van der Waals surface area (Å²) in [6.07, 6.45) is 19.4. The second-order valence-corrected chi connectivity index (χ2v) is 8.03. The maximum atomic E-state index is 2.57. The molecule has 0 saturated heterocycles. The van der Waals surface area contributed by atoms with Gasteiger partial charge in [0.2, 0.25) is 0 Å². The van der Waals surface area contributed by atoms with Crippen LogP contribution in [0.4, 0.5) is 0 Å². The number of allylic oxidation sites excluding steroid dienone is 8. The van der Waals surface area contributed by atoms with Crippen molar-refractivity contribution in [3.05, 3.63) is 47.1 Å². The first kappa shape index (κ1) is 17.1. The van der Waals surface area contributed by atoms with Crippen LogP contribution >= 0.6 is 22.6 Å². The minimum absolute atomic E-state index is 0.403. The molecule has 0 aromatic carbocycles. The highest BCUT2D eigenvalue weighted by Crippen LogP contribution is 2.44. The zero-order valence-electron chi connectivity index (χ0n) is 13.8. The highest BCUT2D eigenvalue weighted by atomic mass is 127. The SMILES string of the molecule is C/C=C(\CCC1=CC(C)(C)C(CCI)C1)C1=CCCC=C1. The Morgan fingerprint density at radius 3 is 2.81 bits per heavy atom. The summed E-state index contributed by atoms with van der Waals surface area (Å²) in [6.45, 7) is 7.02. The lowest BCUT2D eigenvalue weighted by Gasteiger charge is -2.25. The molecule has 0 heterocycles. The standard InChI is InChI=1S/C20H29I/c1-4-17(18-8-6-5-7-9-18)11-10-16-14-19(12-13-21)20(2,3)15-16/h4,6,8-9,15,19H,5,7,10-14H2,1-3H3/b17-4+. The maximum Gasteiger partial charge on any atom is -0.000167 e. The zero-order valence-corrected chi connectivity index (χ0v) is 15.9. The first-order chi connectivity index (χ1) is 10.1. The summed E-state index contributed by atoms with van der Waals surface area (Å²) >= 11 is 2.52. The van der Waals surface area contributed by atoms with Crippen molar-refractivity contribution in [2.45, 2.75) is 59.3 Å². The molecule has 0 bridgehead atoms. The van der Waals surface area contributed by atoms with Crippen molar-refractivity contribution in [3.8, 4) is 0 Å². The Hall–Kier alpha value is -0.310. The molecule has 0 nitrogen and oxygen atoms in total. The van der Waals surface area contributed by atoms with Gasteiger partial charge in [-0.15, -0.1) is 0 Å². The highest BCUT2D eigenvalue weighted by molar-refractivity contribution is 14.1. The quantitative estimate of drug-likeness (QED) is 0.264. The van der Waals surface area contributed by atoms with E-state index in [2.05, 4.69) is 73.7 Å². The summed E-state index contributed by atoms with van der Waals surface area (Å²) in [6, 6.07) is 0. The van der Waals surface area contributed by atoms with E-state index in [0.717, 1.165) is 5.92 Å². The fourth-order valence-corrected chi connectivity index (χ4v) is 4.42. The van der Waals surface area contributed by atoms with E-state index in [0.29, 0.717) is 5.41 Å². The monoisotopic (exact) mass is 396 g/mol. The fraction of sp³-hybridized carbons (Fsp3) is 0.600. The van der Waals surface area contributed by atoms with Gasteiger partial charge in [0.15, 0.2) is 0 Å². The number of hydrogen-bond acceptors (Lipinski definition) is 0. The minimum Gasteiger partial charge on any atom is -0.0864 e. The lowest BCUT2D eigenvalue weighted by molar-refractivity contribution is 0.301. The molecule has 116 valence electrons. The second-order valence-electron chi connectivity index (χ2n) is 6.96. The summed E-state index contributed by atoms with van der Waals surface area (Å²) in [5, 5.41) is 0. The molecule has 0 radical (unpaired) electrons. The van der Waals surface area contributed by atoms with Crippen LogP contribution in [0, 0.1) is 11.3 Å². The molecule has 0 aliphatic heterocycles. The third kappa shape index (κ3) is 4.58. The van der Waals surface area contributed by atoms with Crippen LogP contribution in [-0.4, -0.2) is 4.43 Å². The molecule has 0 N–H and O–H groups in total. The average molecular weight is 396 g/mol. The molecule has 0 aromatic heterocycles. The van der Waals surface area contributed by atoms with Gasteiger partial charge in [0.25, 0.3) is 0 Å². The Balaban J connectivity index is 1.94. The van der Waals surface area contributed by atoms with E-state index in [1.54, 1.807) is 5.57 Å². The van der Waals surface area contributed by atoms with Gasteiger partial charge in [0.05, 0.1) is 0 Å². The summed E-state index contributed by atoms with van der Waals surface area (Å²) in [5.41, 5.74) is 5.09. The molecule has 1 heteroatoms. The molecule has 2 aliphatic carbocycles. The lowest BCUT2D eigenvalue weighted by Crippen LogP contribution is -2.17. The van der Waals surface area contributed by atoms with E-state index in [4.69, 9.17) is 0 Å². The molecule has 0 saturated carbocycles. The third-order valence-corrected chi connectivity index (χ3v) is 5.65. The van der Waals surface area contributed by atoms with Crippen molar-refractivity contribution in [2.75, 3.05) is 4.43 Å². The van der Waals surface area contributed by atoms with Gasteiger partial charge in [-0.2, -0.15) is 0 Å². The van der Waals surface area contributed by atoms with Gasteiger partial charge in [-0.1, -0.05) is 72.4 Å². The molecule has 2 rings (SSSR count). The largest absolute Gasteiger partial charge is 0.0864 e. The van der Waals surface area contributed by atoms with Crippen LogP contribution < -0.4 is 0 Å². The number of halogens is 1. The molecular weight excluding hydrogens is 367 g/mol. The van der Waals surface area contributed by atoms with Gasteiger partial charge in [-0.25, -0.2) is 0 Å². The Morgan fingerprint density at radius 2 is 2.19 bits per heavy atom. The molecule has 2 aliphatic rings. The molecule has 0 spiro atoms. The summed E-state index contributed by atoms with van der Waals surface area (Å²) in [5.74, 6) is 0.854. The highest BCUT2D eigenvalue weighted by Gasteiger charge is 2.33. The van der Waals surface area contributed by atoms with Crippen LogP contribution in [0.1, 0.15) is 59.3 Å².